The van der Waals surface area contributed by atoms with Gasteiger partial charge in [0, 0.05) is 36.7 Å². The van der Waals surface area contributed by atoms with Crippen molar-refractivity contribution in [1.82, 2.24) is 15.3 Å². The molecular weight excluding hydrogens is 511 g/mol. The maximum Gasteiger partial charge on any atom is 0.432 e. The number of nitrogens with one attached hydrogen (secondary N) is 1. The number of likely N-dealkylation sites (tertiary alicyclic amines) is 1. The van der Waals surface area contributed by atoms with E-state index in [1.54, 1.807) is 47.4 Å². The van der Waals surface area contributed by atoms with E-state index in [0.29, 0.717) is 42.1 Å². The number of nitrogens with two attached hydrogens (primary N) is 1. The van der Waals surface area contributed by atoms with Crippen molar-refractivity contribution in [1.29, 1.82) is 0 Å². The van der Waals surface area contributed by atoms with Crippen LogP contribution < -0.4 is 20.6 Å². The van der Waals surface area contributed by atoms with Gasteiger partial charge in [0.25, 0.3) is 5.91 Å². The van der Waals surface area contributed by atoms with Crippen molar-refractivity contribution in [2.24, 2.45) is 10.7 Å². The van der Waals surface area contributed by atoms with Crippen molar-refractivity contribution in [2.45, 2.75) is 30.8 Å². The molecule has 2 fully saturated rings. The lowest BCUT2D eigenvalue weighted by molar-refractivity contribution is -0.117. The molecule has 0 saturated carbocycles. The van der Waals surface area contributed by atoms with E-state index in [2.05, 4.69) is 10.4 Å². The molecule has 3 aliphatic rings. The number of amides is 1. The van der Waals surface area contributed by atoms with Gasteiger partial charge in [0.2, 0.25) is 0 Å². The van der Waals surface area contributed by atoms with Crippen LogP contribution in [0.1, 0.15) is 33.9 Å². The molecule has 0 aromatic heterocycles. The summed E-state index contributed by atoms with van der Waals surface area (Å²) in [6.07, 6.45) is -4.00. The first-order chi connectivity index (χ1) is 17.2. The Morgan fingerprint density at radius 3 is 2.35 bits per heavy atom. The first-order valence-electron chi connectivity index (χ1n) is 11.5. The predicted octanol–water partition coefficient (Wildman–Crippen LogP) is 3.44. The van der Waals surface area contributed by atoms with Crippen LogP contribution in [-0.2, 0) is 0 Å². The first-order valence-corrected chi connectivity index (χ1v) is 11.5. The van der Waals surface area contributed by atoms with Crippen molar-refractivity contribution in [3.8, 4) is 11.5 Å². The maximum absolute atomic E-state index is 14.0. The minimum absolute atomic E-state index is 0. The van der Waals surface area contributed by atoms with Crippen molar-refractivity contribution in [3.63, 3.8) is 0 Å². The van der Waals surface area contributed by atoms with Crippen LogP contribution >= 0.6 is 12.4 Å². The normalized spacial score (nSPS) is 21.4. The topological polar surface area (TPSA) is 92.4 Å². The molecule has 2 atom stereocenters. The van der Waals surface area contributed by atoms with Gasteiger partial charge in [-0.3, -0.25) is 14.8 Å². The van der Waals surface area contributed by atoms with Gasteiger partial charge in [0.05, 0.1) is 26.0 Å². The molecule has 198 valence electrons. The number of aliphatic imine (C=N–C) groups is 1. The lowest BCUT2D eigenvalue weighted by Crippen LogP contribution is -2.57. The predicted molar refractivity (Wildman–Crippen MR) is 134 cm³/mol. The molecule has 37 heavy (non-hydrogen) atoms. The third kappa shape index (κ3) is 5.11. The van der Waals surface area contributed by atoms with E-state index in [9.17, 15) is 18.0 Å². The number of ether oxygens (including phenoxy) is 2. The van der Waals surface area contributed by atoms with E-state index in [1.807, 2.05) is 0 Å². The van der Waals surface area contributed by atoms with Crippen molar-refractivity contribution in [3.05, 3.63) is 70.9 Å². The summed E-state index contributed by atoms with van der Waals surface area (Å²) in [4.78, 5) is 18.8. The van der Waals surface area contributed by atoms with Crippen LogP contribution in [0.25, 0.3) is 0 Å². The average Bonchev–Trinajstić information content (AvgIpc) is 3.29. The number of allylic oxidation sites excluding steroid dienone is 2. The Balaban J connectivity index is 0.00000320. The molecule has 0 radical (unpaired) electrons. The average molecular weight is 538 g/mol. The third-order valence-corrected chi connectivity index (χ3v) is 6.59. The fraction of sp³-hybridized carbons (Fsp3) is 0.360. The molecule has 12 heteroatoms. The molecule has 2 aromatic rings. The maximum atomic E-state index is 14.0. The van der Waals surface area contributed by atoms with E-state index in [1.165, 1.54) is 14.2 Å². The molecule has 1 amide bonds. The molecule has 3 heterocycles. The van der Waals surface area contributed by atoms with Crippen LogP contribution in [0.3, 0.4) is 0 Å². The lowest BCUT2D eigenvalue weighted by Gasteiger charge is -2.36. The second-order valence-corrected chi connectivity index (χ2v) is 8.97. The highest BCUT2D eigenvalue weighted by atomic mass is 35.5. The molecule has 0 bridgehead atoms. The summed E-state index contributed by atoms with van der Waals surface area (Å²) >= 11 is 0. The Hall–Kier alpha value is -3.28. The van der Waals surface area contributed by atoms with Crippen LogP contribution in [0.15, 0.2) is 59.2 Å². The summed E-state index contributed by atoms with van der Waals surface area (Å²) in [5.74, 6) is 0.770. The highest BCUT2D eigenvalue weighted by Crippen LogP contribution is 2.40. The number of hydrazine groups is 1. The Bertz CT molecular complexity index is 1230. The van der Waals surface area contributed by atoms with Crippen LogP contribution in [0, 0.1) is 0 Å². The zero-order chi connectivity index (χ0) is 25.6. The smallest absolute Gasteiger partial charge is 0.432 e. The van der Waals surface area contributed by atoms with Gasteiger partial charge in [-0.05, 0) is 42.0 Å². The second-order valence-electron chi connectivity index (χ2n) is 8.97. The largest absolute Gasteiger partial charge is 0.493 e. The van der Waals surface area contributed by atoms with Crippen molar-refractivity contribution in [2.75, 3.05) is 27.3 Å². The number of benzene rings is 2. The fourth-order valence-corrected chi connectivity index (χ4v) is 4.66. The Labute approximate surface area is 218 Å². The van der Waals surface area contributed by atoms with Crippen LogP contribution in [0.2, 0.25) is 0 Å². The van der Waals surface area contributed by atoms with Crippen molar-refractivity contribution >= 4 is 24.0 Å². The summed E-state index contributed by atoms with van der Waals surface area (Å²) in [6.45, 7) is 1.04. The number of fused-ring (bicyclic) bond motifs is 1. The van der Waals surface area contributed by atoms with E-state index >= 15 is 0 Å². The minimum Gasteiger partial charge on any atom is -0.493 e. The molecule has 3 N–H and O–H groups in total. The van der Waals surface area contributed by atoms with Gasteiger partial charge in [-0.2, -0.15) is 13.2 Å². The number of halogens is 4. The molecule has 8 nitrogen and oxygen atoms in total. The number of nitrogens with zero attached hydrogens (tertiary/aromatic N) is 3. The zero-order valence-electron chi connectivity index (χ0n) is 20.2. The van der Waals surface area contributed by atoms with Crippen LogP contribution in [-0.4, -0.2) is 67.2 Å². The van der Waals surface area contributed by atoms with Gasteiger partial charge in [-0.1, -0.05) is 12.1 Å². The number of rotatable bonds is 5. The van der Waals surface area contributed by atoms with Gasteiger partial charge in [-0.25, -0.2) is 5.43 Å². The third-order valence-electron chi connectivity index (χ3n) is 6.59. The fourth-order valence-electron chi connectivity index (χ4n) is 4.66. The Morgan fingerprint density at radius 2 is 1.76 bits per heavy atom. The summed E-state index contributed by atoms with van der Waals surface area (Å²) in [5, 5.41) is 1.08. The standard InChI is InChI=1S/C25H26F3N5O3.ClH/c1-35-20-8-7-16(9-21(20)36-2)18-10-22(25(26,27)28)33-23(30-18)11-19(31-33)14-3-5-15(6-4-14)24(34)32-12-17(29)13-32;/h3-10,17,19,23,31H,11-13,29H2,1-2H3;1H. The van der Waals surface area contributed by atoms with E-state index in [0.717, 1.165) is 16.6 Å². The molecule has 5 rings (SSSR count). The van der Waals surface area contributed by atoms with Gasteiger partial charge < -0.3 is 20.1 Å². The summed E-state index contributed by atoms with van der Waals surface area (Å²) in [6, 6.07) is 11.4. The molecule has 0 spiro atoms. The minimum atomic E-state index is -4.59. The quantitative estimate of drug-likeness (QED) is 0.607. The first kappa shape index (κ1) is 26.8. The molecule has 0 aliphatic carbocycles. The summed E-state index contributed by atoms with van der Waals surface area (Å²) in [7, 11) is 2.95. The SMILES string of the molecule is COc1ccc(C2=NC3CC(c4ccc(C(=O)N5CC(N)C5)cc4)NN3C(C(F)(F)F)=C2)cc1OC.Cl. The Morgan fingerprint density at radius 1 is 1.08 bits per heavy atom. The number of carbonyl (C=O) groups excluding carboxylic acids is 1. The summed E-state index contributed by atoms with van der Waals surface area (Å²) < 4.78 is 52.7. The van der Waals surface area contributed by atoms with Gasteiger partial charge in [0.1, 0.15) is 11.9 Å². The van der Waals surface area contributed by atoms with Gasteiger partial charge >= 0.3 is 6.18 Å². The highest BCUT2D eigenvalue weighted by Gasteiger charge is 2.46. The van der Waals surface area contributed by atoms with E-state index < -0.39 is 24.1 Å². The van der Waals surface area contributed by atoms with E-state index in [4.69, 9.17) is 15.2 Å². The number of carbonyl (C=O) groups is 1. The summed E-state index contributed by atoms with van der Waals surface area (Å²) in [5.41, 5.74) is 9.88. The Kier molecular flexibility index (Phi) is 7.40. The molecular formula is C25H27ClF3N5O3. The zero-order valence-corrected chi connectivity index (χ0v) is 21.0. The lowest BCUT2D eigenvalue weighted by atomic mass is 10.0. The number of hydrogen-bond donors (Lipinski definition) is 2. The van der Waals surface area contributed by atoms with E-state index in [-0.39, 0.29) is 30.1 Å². The number of methoxy groups -OCH3 is 2. The molecule has 2 aromatic carbocycles. The van der Waals surface area contributed by atoms with Crippen LogP contribution in [0.4, 0.5) is 13.2 Å². The monoisotopic (exact) mass is 537 g/mol. The number of hydrogen-bond acceptors (Lipinski definition) is 7. The molecule has 2 unspecified atom stereocenters. The second kappa shape index (κ2) is 10.2. The van der Waals surface area contributed by atoms with Crippen LogP contribution in [0.5, 0.6) is 11.5 Å². The number of alkyl halides is 3. The molecule has 3 aliphatic heterocycles. The van der Waals surface area contributed by atoms with Crippen molar-refractivity contribution < 1.29 is 27.4 Å². The van der Waals surface area contributed by atoms with Gasteiger partial charge in [-0.15, -0.1) is 12.4 Å². The molecule has 2 saturated heterocycles. The van der Waals surface area contributed by atoms with Gasteiger partial charge in [0.15, 0.2) is 11.5 Å². The highest BCUT2D eigenvalue weighted by molar-refractivity contribution is 6.10.